The largest absolute Gasteiger partial charge is 0.299 e. The van der Waals surface area contributed by atoms with Crippen LogP contribution in [0.1, 0.15) is 53.4 Å². The van der Waals surface area contributed by atoms with Gasteiger partial charge in [0.2, 0.25) is 0 Å². The molecule has 2 saturated carbocycles. The number of rotatable bonds is 1. The molecule has 0 N–H and O–H groups in total. The minimum atomic E-state index is -0.288. The van der Waals surface area contributed by atoms with Gasteiger partial charge in [0.15, 0.2) is 5.78 Å². The molecular formula is C20H28O2. The van der Waals surface area contributed by atoms with Gasteiger partial charge in [-0.3, -0.25) is 9.59 Å². The van der Waals surface area contributed by atoms with E-state index in [1.807, 2.05) is 12.2 Å². The lowest BCUT2D eigenvalue weighted by atomic mass is 9.43. The van der Waals surface area contributed by atoms with Crippen LogP contribution in [-0.4, -0.2) is 11.6 Å². The molecule has 0 amide bonds. The molecular weight excluding hydrogens is 272 g/mol. The third kappa shape index (κ3) is 1.92. The number of allylic oxidation sites excluding steroid dienone is 3. The van der Waals surface area contributed by atoms with Crippen LogP contribution in [0.15, 0.2) is 24.3 Å². The second kappa shape index (κ2) is 4.91. The molecule has 3 rings (SSSR count). The molecule has 2 nitrogen and oxygen atoms in total. The van der Waals surface area contributed by atoms with Crippen LogP contribution in [-0.2, 0) is 9.59 Å². The molecule has 0 unspecified atom stereocenters. The lowest BCUT2D eigenvalue weighted by Crippen LogP contribution is -2.58. The van der Waals surface area contributed by atoms with Crippen LogP contribution < -0.4 is 0 Å². The molecule has 3 aliphatic carbocycles. The summed E-state index contributed by atoms with van der Waals surface area (Å²) in [5.41, 5.74) is 0.776. The van der Waals surface area contributed by atoms with E-state index in [0.29, 0.717) is 30.0 Å². The van der Waals surface area contributed by atoms with E-state index in [1.54, 1.807) is 0 Å². The van der Waals surface area contributed by atoms with Crippen molar-refractivity contribution < 1.29 is 9.59 Å². The first kappa shape index (κ1) is 15.7. The topological polar surface area (TPSA) is 34.1 Å². The zero-order chi connectivity index (χ0) is 16.3. The molecule has 120 valence electrons. The van der Waals surface area contributed by atoms with Crippen molar-refractivity contribution in [2.45, 2.75) is 53.4 Å². The third-order valence-electron chi connectivity index (χ3n) is 7.22. The number of hydrogen-bond donors (Lipinski definition) is 0. The van der Waals surface area contributed by atoms with Gasteiger partial charge in [-0.05, 0) is 54.1 Å². The van der Waals surface area contributed by atoms with Crippen molar-refractivity contribution in [2.75, 3.05) is 0 Å². The van der Waals surface area contributed by atoms with Gasteiger partial charge in [-0.25, -0.2) is 0 Å². The van der Waals surface area contributed by atoms with E-state index in [1.165, 1.54) is 0 Å². The van der Waals surface area contributed by atoms with E-state index in [2.05, 4.69) is 34.3 Å². The van der Waals surface area contributed by atoms with Crippen LogP contribution in [0.25, 0.3) is 0 Å². The molecule has 2 fully saturated rings. The second-order valence-corrected chi connectivity index (χ2v) is 8.46. The lowest BCUT2D eigenvalue weighted by molar-refractivity contribution is -0.159. The number of ketones is 2. The summed E-state index contributed by atoms with van der Waals surface area (Å²) in [5, 5.41) is 0. The van der Waals surface area contributed by atoms with E-state index in [9.17, 15) is 9.59 Å². The summed E-state index contributed by atoms with van der Waals surface area (Å²) in [5.74, 6) is 1.88. The third-order valence-corrected chi connectivity index (χ3v) is 7.22. The van der Waals surface area contributed by atoms with E-state index in [0.717, 1.165) is 24.8 Å². The fraction of sp³-hybridized carbons (Fsp3) is 0.700. The quantitative estimate of drug-likeness (QED) is 0.721. The molecule has 0 aromatic carbocycles. The smallest absolute Gasteiger partial charge is 0.159 e. The Morgan fingerprint density at radius 3 is 2.55 bits per heavy atom. The van der Waals surface area contributed by atoms with Gasteiger partial charge in [-0.2, -0.15) is 0 Å². The van der Waals surface area contributed by atoms with Gasteiger partial charge >= 0.3 is 0 Å². The van der Waals surface area contributed by atoms with Crippen LogP contribution in [0.2, 0.25) is 0 Å². The molecule has 0 aromatic rings. The molecule has 0 heterocycles. The van der Waals surface area contributed by atoms with Gasteiger partial charge < -0.3 is 0 Å². The molecule has 0 bridgehead atoms. The number of fused-ring (bicyclic) bond motifs is 3. The van der Waals surface area contributed by atoms with Gasteiger partial charge in [-0.15, -0.1) is 0 Å². The number of Topliss-reactive ketones (excluding diaryl/α,β-unsaturated/α-hetero) is 1. The summed E-state index contributed by atoms with van der Waals surface area (Å²) in [6.07, 6.45) is 7.30. The predicted octanol–water partition coefficient (Wildman–Crippen LogP) is 4.36. The van der Waals surface area contributed by atoms with Gasteiger partial charge in [0.05, 0.1) is 0 Å². The van der Waals surface area contributed by atoms with Gasteiger partial charge in [0.1, 0.15) is 5.78 Å². The van der Waals surface area contributed by atoms with E-state index in [-0.39, 0.29) is 22.5 Å². The first-order chi connectivity index (χ1) is 10.2. The maximum atomic E-state index is 12.9. The second-order valence-electron chi connectivity index (χ2n) is 8.46. The summed E-state index contributed by atoms with van der Waals surface area (Å²) in [6, 6.07) is 0. The zero-order valence-corrected chi connectivity index (χ0v) is 14.3. The molecule has 5 atom stereocenters. The molecule has 0 saturated heterocycles. The summed E-state index contributed by atoms with van der Waals surface area (Å²) >= 11 is 0. The van der Waals surface area contributed by atoms with E-state index < -0.39 is 0 Å². The molecule has 3 aliphatic rings. The number of carbonyl (C=O) groups excluding carboxylic acids is 2. The summed E-state index contributed by atoms with van der Waals surface area (Å²) < 4.78 is 0. The van der Waals surface area contributed by atoms with Gasteiger partial charge in [0.25, 0.3) is 0 Å². The molecule has 22 heavy (non-hydrogen) atoms. The molecule has 0 spiro atoms. The highest BCUT2D eigenvalue weighted by molar-refractivity contribution is 5.95. The Labute approximate surface area is 134 Å². The molecule has 2 heteroatoms. The van der Waals surface area contributed by atoms with Crippen molar-refractivity contribution in [3.63, 3.8) is 0 Å². The summed E-state index contributed by atoms with van der Waals surface area (Å²) in [4.78, 5) is 25.3. The standard InChI is InChI=1S/C20H28O2/c1-6-13-11-15(21)18-14(12(13)2)7-8-16-19(3,4)17(22)9-10-20(16,18)5/h6,11-12,14,16,18H,1,7-10H2,2-5H3/t12-,14-,16-,18+,20-/m0/s1. The highest BCUT2D eigenvalue weighted by Crippen LogP contribution is 2.62. The van der Waals surface area contributed by atoms with Crippen molar-refractivity contribution in [3.05, 3.63) is 24.3 Å². The van der Waals surface area contributed by atoms with Crippen molar-refractivity contribution in [3.8, 4) is 0 Å². The van der Waals surface area contributed by atoms with Crippen molar-refractivity contribution in [1.29, 1.82) is 0 Å². The van der Waals surface area contributed by atoms with Gasteiger partial charge in [0, 0.05) is 17.8 Å². The van der Waals surface area contributed by atoms with Gasteiger partial charge in [-0.1, -0.05) is 40.3 Å². The Kier molecular flexibility index (Phi) is 3.50. The predicted molar refractivity (Wildman–Crippen MR) is 88.3 cm³/mol. The van der Waals surface area contributed by atoms with E-state index in [4.69, 9.17) is 0 Å². The van der Waals surface area contributed by atoms with Crippen molar-refractivity contribution >= 4 is 11.6 Å². The monoisotopic (exact) mass is 300 g/mol. The Morgan fingerprint density at radius 1 is 1.23 bits per heavy atom. The molecule has 0 radical (unpaired) electrons. The van der Waals surface area contributed by atoms with Crippen LogP contribution in [0.5, 0.6) is 0 Å². The highest BCUT2D eigenvalue weighted by atomic mass is 16.1. The molecule has 0 aliphatic heterocycles. The maximum Gasteiger partial charge on any atom is 0.159 e. The lowest BCUT2D eigenvalue weighted by Gasteiger charge is -2.59. The van der Waals surface area contributed by atoms with Crippen LogP contribution in [0, 0.1) is 34.5 Å². The molecule has 0 aromatic heterocycles. The Morgan fingerprint density at radius 2 is 1.91 bits per heavy atom. The average Bonchev–Trinajstić information content (AvgIpc) is 2.46. The fourth-order valence-electron chi connectivity index (χ4n) is 5.93. The highest BCUT2D eigenvalue weighted by Gasteiger charge is 2.60. The zero-order valence-electron chi connectivity index (χ0n) is 14.3. The summed E-state index contributed by atoms with van der Waals surface area (Å²) in [6.45, 7) is 12.6. The first-order valence-corrected chi connectivity index (χ1v) is 8.64. The van der Waals surface area contributed by atoms with Crippen molar-refractivity contribution in [2.24, 2.45) is 34.5 Å². The van der Waals surface area contributed by atoms with Crippen LogP contribution in [0.3, 0.4) is 0 Å². The SMILES string of the molecule is C=CC1=CC(=O)[C@H]2[C@@H](CC[C@H]3C(C)(C)C(=O)CC[C@]23C)[C@H]1C. The maximum absolute atomic E-state index is 12.9. The Bertz CT molecular complexity index is 568. The summed E-state index contributed by atoms with van der Waals surface area (Å²) in [7, 11) is 0. The number of carbonyl (C=O) groups is 2. The first-order valence-electron chi connectivity index (χ1n) is 8.64. The number of hydrogen-bond acceptors (Lipinski definition) is 2. The van der Waals surface area contributed by atoms with Crippen LogP contribution in [0.4, 0.5) is 0 Å². The van der Waals surface area contributed by atoms with E-state index >= 15 is 0 Å². The van der Waals surface area contributed by atoms with Crippen molar-refractivity contribution in [1.82, 2.24) is 0 Å². The van der Waals surface area contributed by atoms with Crippen LogP contribution >= 0.6 is 0 Å². The minimum absolute atomic E-state index is 0.0329. The minimum Gasteiger partial charge on any atom is -0.299 e. The normalized spacial score (nSPS) is 43.9. The average molecular weight is 300 g/mol. The Hall–Kier alpha value is -1.18. The Balaban J connectivity index is 2.06. The fourth-order valence-corrected chi connectivity index (χ4v) is 5.93.